The summed E-state index contributed by atoms with van der Waals surface area (Å²) in [5.41, 5.74) is 0.545. The first-order chi connectivity index (χ1) is 6.26. The maximum atomic E-state index is 10.7. The van der Waals surface area contributed by atoms with Crippen LogP contribution in [0.2, 0.25) is 0 Å². The second kappa shape index (κ2) is 4.12. The van der Waals surface area contributed by atoms with E-state index in [0.717, 1.165) is 0 Å². The Bertz CT molecular complexity index is 338. The lowest BCUT2D eigenvalue weighted by Gasteiger charge is -2.01. The highest BCUT2D eigenvalue weighted by molar-refractivity contribution is 6.03. The standard InChI is InChI=1S/C9H8N2O2/c1-3-8(12)11-7-4-5-9(13-2)10-6-7/h1,4-6H,2H3,(H,11,12). The van der Waals surface area contributed by atoms with Crippen molar-refractivity contribution in [3.05, 3.63) is 18.3 Å². The second-order valence-corrected chi connectivity index (χ2v) is 2.19. The highest BCUT2D eigenvalue weighted by Crippen LogP contribution is 2.10. The molecule has 1 aromatic heterocycles. The first kappa shape index (κ1) is 9.07. The van der Waals surface area contributed by atoms with E-state index in [0.29, 0.717) is 11.6 Å². The number of aromatic nitrogens is 1. The highest BCUT2D eigenvalue weighted by atomic mass is 16.5. The summed E-state index contributed by atoms with van der Waals surface area (Å²) in [6.07, 6.45) is 6.34. The molecule has 66 valence electrons. The van der Waals surface area contributed by atoms with Gasteiger partial charge in [0.2, 0.25) is 5.88 Å². The SMILES string of the molecule is C#CC(=O)Nc1ccc(OC)nc1. The minimum Gasteiger partial charge on any atom is -0.481 e. The summed E-state index contributed by atoms with van der Waals surface area (Å²) < 4.78 is 4.84. The molecule has 4 heteroatoms. The van der Waals surface area contributed by atoms with Crippen molar-refractivity contribution in [2.24, 2.45) is 0 Å². The zero-order chi connectivity index (χ0) is 9.68. The number of ether oxygens (including phenoxy) is 1. The first-order valence-electron chi connectivity index (χ1n) is 3.54. The quantitative estimate of drug-likeness (QED) is 0.673. The molecular weight excluding hydrogens is 168 g/mol. The molecule has 4 nitrogen and oxygen atoms in total. The Balaban J connectivity index is 2.71. The zero-order valence-corrected chi connectivity index (χ0v) is 7.07. The maximum Gasteiger partial charge on any atom is 0.300 e. The number of hydrogen-bond acceptors (Lipinski definition) is 3. The van der Waals surface area contributed by atoms with Crippen molar-refractivity contribution in [1.29, 1.82) is 0 Å². The van der Waals surface area contributed by atoms with E-state index in [2.05, 4.69) is 10.3 Å². The van der Waals surface area contributed by atoms with Gasteiger partial charge in [-0.3, -0.25) is 4.79 Å². The van der Waals surface area contributed by atoms with Crippen LogP contribution in [0.4, 0.5) is 5.69 Å². The van der Waals surface area contributed by atoms with Gasteiger partial charge in [0.05, 0.1) is 19.0 Å². The molecule has 1 N–H and O–H groups in total. The summed E-state index contributed by atoms with van der Waals surface area (Å²) in [6.45, 7) is 0. The lowest BCUT2D eigenvalue weighted by molar-refractivity contribution is -0.111. The van der Waals surface area contributed by atoms with Crippen LogP contribution in [0, 0.1) is 12.3 Å². The van der Waals surface area contributed by atoms with Crippen LogP contribution in [0.15, 0.2) is 18.3 Å². The Hall–Kier alpha value is -2.02. The van der Waals surface area contributed by atoms with E-state index in [-0.39, 0.29) is 0 Å². The fraction of sp³-hybridized carbons (Fsp3) is 0.111. The molecule has 1 heterocycles. The van der Waals surface area contributed by atoms with E-state index in [1.807, 2.05) is 5.92 Å². The van der Waals surface area contributed by atoms with Gasteiger partial charge >= 0.3 is 0 Å². The van der Waals surface area contributed by atoms with Gasteiger partial charge in [0.25, 0.3) is 5.91 Å². The molecule has 0 aliphatic heterocycles. The van der Waals surface area contributed by atoms with Crippen LogP contribution in [-0.2, 0) is 4.79 Å². The number of pyridine rings is 1. The summed E-state index contributed by atoms with van der Waals surface area (Å²) in [4.78, 5) is 14.6. The van der Waals surface area contributed by atoms with Gasteiger partial charge in [0.15, 0.2) is 0 Å². The molecule has 0 aliphatic carbocycles. The number of nitrogens with zero attached hydrogens (tertiary/aromatic N) is 1. The number of terminal acetylenes is 1. The molecule has 0 unspecified atom stereocenters. The fourth-order valence-electron chi connectivity index (χ4n) is 0.742. The average Bonchev–Trinajstić information content (AvgIpc) is 2.19. The number of carbonyl (C=O) groups excluding carboxylic acids is 1. The number of amides is 1. The summed E-state index contributed by atoms with van der Waals surface area (Å²) in [5, 5.41) is 2.45. The summed E-state index contributed by atoms with van der Waals surface area (Å²) >= 11 is 0. The Kier molecular flexibility index (Phi) is 2.87. The number of hydrogen-bond donors (Lipinski definition) is 1. The molecule has 1 aromatic rings. The van der Waals surface area contributed by atoms with Crippen molar-refractivity contribution in [2.45, 2.75) is 0 Å². The van der Waals surface area contributed by atoms with Gasteiger partial charge in [-0.05, 0) is 12.0 Å². The van der Waals surface area contributed by atoms with Crippen molar-refractivity contribution in [3.63, 3.8) is 0 Å². The maximum absolute atomic E-state index is 10.7. The number of carbonyl (C=O) groups is 1. The number of anilines is 1. The summed E-state index contributed by atoms with van der Waals surface area (Å²) in [5.74, 6) is 1.92. The monoisotopic (exact) mass is 176 g/mol. The molecule has 1 rings (SSSR count). The van der Waals surface area contributed by atoms with E-state index in [1.54, 1.807) is 12.1 Å². The molecule has 13 heavy (non-hydrogen) atoms. The van der Waals surface area contributed by atoms with Crippen molar-refractivity contribution in [2.75, 3.05) is 12.4 Å². The topological polar surface area (TPSA) is 51.2 Å². The van der Waals surface area contributed by atoms with E-state index in [1.165, 1.54) is 13.3 Å². The molecule has 0 radical (unpaired) electrons. The largest absolute Gasteiger partial charge is 0.481 e. The Morgan fingerprint density at radius 3 is 2.92 bits per heavy atom. The molecule has 0 saturated heterocycles. The van der Waals surface area contributed by atoms with Gasteiger partial charge in [-0.25, -0.2) is 4.98 Å². The minimum atomic E-state index is -0.494. The van der Waals surface area contributed by atoms with Gasteiger partial charge in [0, 0.05) is 6.07 Å². The second-order valence-electron chi connectivity index (χ2n) is 2.19. The molecular formula is C9H8N2O2. The van der Waals surface area contributed by atoms with Gasteiger partial charge in [-0.1, -0.05) is 0 Å². The number of nitrogens with one attached hydrogen (secondary N) is 1. The lowest BCUT2D eigenvalue weighted by Crippen LogP contribution is -2.08. The molecule has 0 spiro atoms. The number of methoxy groups -OCH3 is 1. The predicted octanol–water partition coefficient (Wildman–Crippen LogP) is 0.662. The summed E-state index contributed by atoms with van der Waals surface area (Å²) in [6, 6.07) is 3.28. The third kappa shape index (κ3) is 2.49. The van der Waals surface area contributed by atoms with Crippen molar-refractivity contribution >= 4 is 11.6 Å². The summed E-state index contributed by atoms with van der Waals surface area (Å²) in [7, 11) is 1.52. The van der Waals surface area contributed by atoms with E-state index >= 15 is 0 Å². The van der Waals surface area contributed by atoms with E-state index in [4.69, 9.17) is 11.2 Å². The van der Waals surface area contributed by atoms with Crippen molar-refractivity contribution in [1.82, 2.24) is 4.98 Å². The van der Waals surface area contributed by atoms with Crippen LogP contribution in [0.5, 0.6) is 5.88 Å². The van der Waals surface area contributed by atoms with Crippen LogP contribution < -0.4 is 10.1 Å². The van der Waals surface area contributed by atoms with Crippen LogP contribution in [-0.4, -0.2) is 18.0 Å². The average molecular weight is 176 g/mol. The smallest absolute Gasteiger partial charge is 0.300 e. The molecule has 0 fully saturated rings. The molecule has 0 aromatic carbocycles. The van der Waals surface area contributed by atoms with Crippen molar-refractivity contribution in [3.8, 4) is 18.2 Å². The van der Waals surface area contributed by atoms with Gasteiger partial charge in [-0.2, -0.15) is 0 Å². The molecule has 0 aliphatic rings. The van der Waals surface area contributed by atoms with Gasteiger partial charge in [-0.15, -0.1) is 6.42 Å². The predicted molar refractivity (Wildman–Crippen MR) is 48.3 cm³/mol. The Labute approximate surface area is 75.9 Å². The van der Waals surface area contributed by atoms with Crippen LogP contribution in [0.3, 0.4) is 0 Å². The van der Waals surface area contributed by atoms with Crippen molar-refractivity contribution < 1.29 is 9.53 Å². The Morgan fingerprint density at radius 1 is 1.69 bits per heavy atom. The molecule has 0 bridgehead atoms. The molecule has 1 amide bonds. The molecule has 0 saturated carbocycles. The number of rotatable bonds is 2. The van der Waals surface area contributed by atoms with Gasteiger partial charge < -0.3 is 10.1 Å². The third-order valence-electron chi connectivity index (χ3n) is 1.33. The molecule has 0 atom stereocenters. The normalized spacial score (nSPS) is 8.62. The third-order valence-corrected chi connectivity index (χ3v) is 1.33. The highest BCUT2D eigenvalue weighted by Gasteiger charge is 1.97. The van der Waals surface area contributed by atoms with Crippen LogP contribution in [0.1, 0.15) is 0 Å². The lowest BCUT2D eigenvalue weighted by atomic mass is 10.4. The van der Waals surface area contributed by atoms with E-state index < -0.39 is 5.91 Å². The van der Waals surface area contributed by atoms with Crippen LogP contribution in [0.25, 0.3) is 0 Å². The zero-order valence-electron chi connectivity index (χ0n) is 7.07. The van der Waals surface area contributed by atoms with Crippen LogP contribution >= 0.6 is 0 Å². The fourth-order valence-corrected chi connectivity index (χ4v) is 0.742. The Morgan fingerprint density at radius 2 is 2.46 bits per heavy atom. The first-order valence-corrected chi connectivity index (χ1v) is 3.54. The van der Waals surface area contributed by atoms with E-state index in [9.17, 15) is 4.79 Å². The van der Waals surface area contributed by atoms with Gasteiger partial charge in [0.1, 0.15) is 0 Å². The minimum absolute atomic E-state index is 0.485.